The molecule has 1 saturated carbocycles. The molecule has 1 atom stereocenters. The maximum atomic E-state index is 12.4. The number of piperazine rings is 1. The predicted octanol–water partition coefficient (Wildman–Crippen LogP) is 2.20. The largest absolute Gasteiger partial charge is 0.370 e. The monoisotopic (exact) mass is 441 g/mol. The highest BCUT2D eigenvalue weighted by Gasteiger charge is 2.31. The zero-order chi connectivity index (χ0) is 22.5. The predicted molar refractivity (Wildman–Crippen MR) is 128 cm³/mol. The number of carbonyl (C=O) groups is 1. The van der Waals surface area contributed by atoms with Crippen molar-refractivity contribution in [2.45, 2.75) is 39.2 Å². The molecule has 2 saturated heterocycles. The Labute approximate surface area is 192 Å². The molecule has 176 valence electrons. The van der Waals surface area contributed by atoms with Crippen molar-refractivity contribution in [3.8, 4) is 0 Å². The van der Waals surface area contributed by atoms with E-state index in [0.717, 1.165) is 71.2 Å². The molecule has 7 nitrogen and oxygen atoms in total. The van der Waals surface area contributed by atoms with Crippen molar-refractivity contribution >= 4 is 11.9 Å². The molecule has 4 rings (SSSR count). The van der Waals surface area contributed by atoms with Crippen LogP contribution in [-0.2, 0) is 9.53 Å². The van der Waals surface area contributed by atoms with Gasteiger partial charge < -0.3 is 19.9 Å². The topological polar surface area (TPSA) is 60.4 Å². The second kappa shape index (κ2) is 10.7. The zero-order valence-electron chi connectivity index (χ0n) is 20.0. The molecule has 1 N–H and O–H groups in total. The maximum Gasteiger partial charge on any atom is 0.225 e. The number of amides is 1. The van der Waals surface area contributed by atoms with E-state index in [-0.39, 0.29) is 6.10 Å². The Morgan fingerprint density at radius 2 is 1.91 bits per heavy atom. The number of nitrogens with zero attached hydrogens (tertiary/aromatic N) is 4. The fourth-order valence-corrected chi connectivity index (χ4v) is 4.98. The van der Waals surface area contributed by atoms with E-state index in [1.165, 1.54) is 23.1 Å². The summed E-state index contributed by atoms with van der Waals surface area (Å²) in [6.45, 7) is 12.1. The Balaban J connectivity index is 1.22. The normalized spacial score (nSPS) is 23.2. The minimum atomic E-state index is 0.0733. The highest BCUT2D eigenvalue weighted by molar-refractivity contribution is 5.80. The highest BCUT2D eigenvalue weighted by atomic mass is 16.5. The van der Waals surface area contributed by atoms with Gasteiger partial charge in [-0.15, -0.1) is 0 Å². The molecule has 1 aromatic carbocycles. The smallest absolute Gasteiger partial charge is 0.225 e. The summed E-state index contributed by atoms with van der Waals surface area (Å²) in [5, 5.41) is 3.55. The number of rotatable bonds is 5. The van der Waals surface area contributed by atoms with Crippen molar-refractivity contribution < 1.29 is 9.53 Å². The standard InChI is InChI=1S/C25H39N5O2/c1-19-7-8-22(20(2)17-19)23-18-30(15-16-32-23)25(26-3)27-9-10-28-11-13-29(14-12-28)24(31)21-5-4-6-21/h7-8,17,21,23H,4-6,9-16,18H2,1-3H3,(H,26,27). The third-order valence-electron chi connectivity index (χ3n) is 7.20. The first-order valence-corrected chi connectivity index (χ1v) is 12.2. The van der Waals surface area contributed by atoms with Crippen LogP contribution in [0.4, 0.5) is 0 Å². The Morgan fingerprint density at radius 3 is 2.56 bits per heavy atom. The molecule has 7 heteroatoms. The SMILES string of the molecule is CN=C(NCCN1CCN(C(=O)C2CCC2)CC1)N1CCOC(c2ccc(C)cc2C)C1. The molecule has 2 aliphatic heterocycles. The van der Waals surface area contributed by atoms with Gasteiger partial charge in [-0.2, -0.15) is 0 Å². The minimum absolute atomic E-state index is 0.0733. The van der Waals surface area contributed by atoms with Gasteiger partial charge in [-0.1, -0.05) is 30.2 Å². The number of ether oxygens (including phenoxy) is 1. The molecule has 1 aliphatic carbocycles. The lowest BCUT2D eigenvalue weighted by atomic mass is 9.84. The average Bonchev–Trinajstić information content (AvgIpc) is 2.76. The summed E-state index contributed by atoms with van der Waals surface area (Å²) in [6, 6.07) is 6.59. The Hall–Kier alpha value is -2.12. The van der Waals surface area contributed by atoms with Crippen LogP contribution in [0.5, 0.6) is 0 Å². The molecule has 3 fully saturated rings. The molecule has 0 aromatic heterocycles. The van der Waals surface area contributed by atoms with Gasteiger partial charge >= 0.3 is 0 Å². The first kappa shape index (κ1) is 23.1. The van der Waals surface area contributed by atoms with Gasteiger partial charge in [-0.25, -0.2) is 0 Å². The van der Waals surface area contributed by atoms with Crippen LogP contribution in [0.2, 0.25) is 0 Å². The van der Waals surface area contributed by atoms with Gasteiger partial charge in [0.1, 0.15) is 6.10 Å². The summed E-state index contributed by atoms with van der Waals surface area (Å²) in [4.78, 5) is 23.8. The van der Waals surface area contributed by atoms with Crippen molar-refractivity contribution in [2.75, 3.05) is 66.0 Å². The van der Waals surface area contributed by atoms with Crippen molar-refractivity contribution in [3.63, 3.8) is 0 Å². The van der Waals surface area contributed by atoms with E-state index in [2.05, 4.69) is 57.1 Å². The van der Waals surface area contributed by atoms with Crippen LogP contribution in [0.3, 0.4) is 0 Å². The second-order valence-corrected chi connectivity index (χ2v) is 9.43. The quantitative estimate of drug-likeness (QED) is 0.561. The van der Waals surface area contributed by atoms with Gasteiger partial charge in [0, 0.05) is 58.8 Å². The van der Waals surface area contributed by atoms with Gasteiger partial charge in [0.05, 0.1) is 13.2 Å². The van der Waals surface area contributed by atoms with E-state index in [1.807, 2.05) is 7.05 Å². The Bertz CT molecular complexity index is 815. The molecule has 0 bridgehead atoms. The summed E-state index contributed by atoms with van der Waals surface area (Å²) >= 11 is 0. The van der Waals surface area contributed by atoms with E-state index in [0.29, 0.717) is 18.4 Å². The molecular formula is C25H39N5O2. The van der Waals surface area contributed by atoms with Gasteiger partial charge in [0.2, 0.25) is 5.91 Å². The third-order valence-corrected chi connectivity index (χ3v) is 7.20. The molecule has 0 spiro atoms. The van der Waals surface area contributed by atoms with E-state index < -0.39 is 0 Å². The zero-order valence-corrected chi connectivity index (χ0v) is 20.0. The van der Waals surface area contributed by atoms with Crippen molar-refractivity contribution in [3.05, 3.63) is 34.9 Å². The average molecular weight is 442 g/mol. The number of aliphatic imine (C=N–C) groups is 1. The fraction of sp³-hybridized carbons (Fsp3) is 0.680. The van der Waals surface area contributed by atoms with Crippen LogP contribution in [0.15, 0.2) is 23.2 Å². The van der Waals surface area contributed by atoms with Crippen molar-refractivity contribution in [1.29, 1.82) is 0 Å². The van der Waals surface area contributed by atoms with Crippen molar-refractivity contribution in [2.24, 2.45) is 10.9 Å². The number of carbonyl (C=O) groups excluding carboxylic acids is 1. The first-order chi connectivity index (χ1) is 15.5. The molecule has 32 heavy (non-hydrogen) atoms. The summed E-state index contributed by atoms with van der Waals surface area (Å²) in [5.74, 6) is 1.65. The lowest BCUT2D eigenvalue weighted by Crippen LogP contribution is -2.53. The lowest BCUT2D eigenvalue weighted by Gasteiger charge is -2.38. The Kier molecular flexibility index (Phi) is 7.68. The lowest BCUT2D eigenvalue weighted by molar-refractivity contribution is -0.139. The van der Waals surface area contributed by atoms with Crippen LogP contribution in [0.25, 0.3) is 0 Å². The minimum Gasteiger partial charge on any atom is -0.370 e. The van der Waals surface area contributed by atoms with Crippen LogP contribution in [0.1, 0.15) is 42.1 Å². The van der Waals surface area contributed by atoms with E-state index >= 15 is 0 Å². The molecule has 1 aromatic rings. The van der Waals surface area contributed by atoms with Crippen LogP contribution in [0, 0.1) is 19.8 Å². The molecular weight excluding hydrogens is 402 g/mol. The molecule has 3 aliphatic rings. The van der Waals surface area contributed by atoms with E-state index in [4.69, 9.17) is 4.74 Å². The van der Waals surface area contributed by atoms with Crippen LogP contribution >= 0.6 is 0 Å². The summed E-state index contributed by atoms with van der Waals surface area (Å²) in [7, 11) is 1.86. The van der Waals surface area contributed by atoms with Crippen LogP contribution < -0.4 is 5.32 Å². The summed E-state index contributed by atoms with van der Waals surface area (Å²) < 4.78 is 6.10. The van der Waals surface area contributed by atoms with Crippen LogP contribution in [-0.4, -0.2) is 92.6 Å². The van der Waals surface area contributed by atoms with Gasteiger partial charge in [-0.05, 0) is 37.8 Å². The number of benzene rings is 1. The molecule has 1 unspecified atom stereocenters. The van der Waals surface area contributed by atoms with E-state index in [9.17, 15) is 4.79 Å². The fourth-order valence-electron chi connectivity index (χ4n) is 4.98. The number of guanidine groups is 1. The summed E-state index contributed by atoms with van der Waals surface area (Å²) in [6.07, 6.45) is 3.48. The van der Waals surface area contributed by atoms with Crippen molar-refractivity contribution in [1.82, 2.24) is 20.0 Å². The highest BCUT2D eigenvalue weighted by Crippen LogP contribution is 2.28. The number of hydrogen-bond acceptors (Lipinski definition) is 4. The van der Waals surface area contributed by atoms with E-state index in [1.54, 1.807) is 0 Å². The number of hydrogen-bond donors (Lipinski definition) is 1. The second-order valence-electron chi connectivity index (χ2n) is 9.43. The van der Waals surface area contributed by atoms with Gasteiger partial charge in [-0.3, -0.25) is 14.7 Å². The molecule has 2 heterocycles. The Morgan fingerprint density at radius 1 is 1.12 bits per heavy atom. The summed E-state index contributed by atoms with van der Waals surface area (Å²) in [5.41, 5.74) is 3.84. The van der Waals surface area contributed by atoms with Gasteiger partial charge in [0.25, 0.3) is 0 Å². The number of morpholine rings is 1. The first-order valence-electron chi connectivity index (χ1n) is 12.2. The number of nitrogens with one attached hydrogen (secondary N) is 1. The number of aryl methyl sites for hydroxylation is 2. The molecule has 0 radical (unpaired) electrons. The molecule has 1 amide bonds. The maximum absolute atomic E-state index is 12.4. The third kappa shape index (κ3) is 5.44. The van der Waals surface area contributed by atoms with Gasteiger partial charge in [0.15, 0.2) is 5.96 Å².